The van der Waals surface area contributed by atoms with E-state index in [1.54, 1.807) is 7.11 Å². The molecule has 0 atom stereocenters. The number of guanidine groups is 1. The molecule has 2 heterocycles. The molecule has 1 saturated heterocycles. The first-order chi connectivity index (χ1) is 14.0. The molecular weight excluding hydrogens is 364 g/mol. The van der Waals surface area contributed by atoms with Crippen molar-refractivity contribution < 1.29 is 4.74 Å². The smallest absolute Gasteiger partial charge is 0.194 e. The number of benzene rings is 1. The summed E-state index contributed by atoms with van der Waals surface area (Å²) < 4.78 is 7.32. The first-order valence-corrected chi connectivity index (χ1v) is 10.4. The maximum Gasteiger partial charge on any atom is 0.194 e. The van der Waals surface area contributed by atoms with Gasteiger partial charge in [0, 0.05) is 63.8 Å². The third-order valence-corrected chi connectivity index (χ3v) is 5.61. The summed E-state index contributed by atoms with van der Waals surface area (Å²) in [6.07, 6.45) is 0.921. The zero-order chi connectivity index (χ0) is 20.8. The minimum absolute atomic E-state index is 0.770. The maximum absolute atomic E-state index is 5.36. The monoisotopic (exact) mass is 398 g/mol. The molecule has 158 valence electrons. The molecule has 1 N–H and O–H groups in total. The summed E-state index contributed by atoms with van der Waals surface area (Å²) in [5, 5.41) is 7.97. The Morgan fingerprint density at radius 3 is 2.59 bits per heavy atom. The van der Waals surface area contributed by atoms with E-state index >= 15 is 0 Å². The number of hydrogen-bond donors (Lipinski definition) is 1. The van der Waals surface area contributed by atoms with Crippen molar-refractivity contribution >= 4 is 11.6 Å². The lowest BCUT2D eigenvalue weighted by Gasteiger charge is -2.37. The van der Waals surface area contributed by atoms with E-state index in [1.807, 2.05) is 17.8 Å². The molecule has 7 nitrogen and oxygen atoms in total. The van der Waals surface area contributed by atoms with E-state index in [-0.39, 0.29) is 0 Å². The van der Waals surface area contributed by atoms with Crippen LogP contribution in [0.15, 0.2) is 29.3 Å². The Labute approximate surface area is 174 Å². The first kappa shape index (κ1) is 21.0. The number of nitrogens with one attached hydrogen (secondary N) is 1. The van der Waals surface area contributed by atoms with Gasteiger partial charge in [-0.2, -0.15) is 5.10 Å². The quantitative estimate of drug-likeness (QED) is 0.598. The summed E-state index contributed by atoms with van der Waals surface area (Å²) in [5.41, 5.74) is 4.87. The largest absolute Gasteiger partial charge is 0.497 e. The fraction of sp³-hybridized carbons (Fsp3) is 0.545. The highest BCUT2D eigenvalue weighted by molar-refractivity contribution is 5.80. The number of hydrogen-bond acceptors (Lipinski definition) is 4. The van der Waals surface area contributed by atoms with Crippen LogP contribution in [0.3, 0.4) is 0 Å². The number of ether oxygens (including phenoxy) is 1. The van der Waals surface area contributed by atoms with Crippen LogP contribution in [0.4, 0.5) is 5.69 Å². The zero-order valence-corrected chi connectivity index (χ0v) is 18.4. The van der Waals surface area contributed by atoms with Crippen molar-refractivity contribution in [3.05, 3.63) is 41.2 Å². The molecule has 0 aliphatic carbocycles. The number of piperazine rings is 1. The average molecular weight is 399 g/mol. The molecule has 1 aromatic carbocycles. The Bertz CT molecular complexity index is 836. The van der Waals surface area contributed by atoms with Gasteiger partial charge >= 0.3 is 0 Å². The van der Waals surface area contributed by atoms with E-state index in [0.29, 0.717) is 0 Å². The van der Waals surface area contributed by atoms with Gasteiger partial charge < -0.3 is 19.9 Å². The normalized spacial score (nSPS) is 15.0. The number of aliphatic imine (C=N–C) groups is 1. The molecule has 3 rings (SSSR count). The third-order valence-electron chi connectivity index (χ3n) is 5.61. The van der Waals surface area contributed by atoms with Gasteiger partial charge in [0.15, 0.2) is 5.96 Å². The maximum atomic E-state index is 5.36. The van der Waals surface area contributed by atoms with Crippen LogP contribution < -0.4 is 15.0 Å². The van der Waals surface area contributed by atoms with Gasteiger partial charge in [0.05, 0.1) is 12.8 Å². The average Bonchev–Trinajstić information content (AvgIpc) is 2.99. The van der Waals surface area contributed by atoms with Crippen molar-refractivity contribution in [2.45, 2.75) is 27.2 Å². The van der Waals surface area contributed by atoms with E-state index in [4.69, 9.17) is 9.73 Å². The van der Waals surface area contributed by atoms with Crippen molar-refractivity contribution in [2.24, 2.45) is 12.0 Å². The van der Waals surface area contributed by atoms with Gasteiger partial charge in [-0.15, -0.1) is 0 Å². The molecule has 7 heteroatoms. The number of anilines is 1. The summed E-state index contributed by atoms with van der Waals surface area (Å²) in [6.45, 7) is 11.8. The highest BCUT2D eigenvalue weighted by atomic mass is 16.5. The van der Waals surface area contributed by atoms with Gasteiger partial charge in [0.25, 0.3) is 0 Å². The fourth-order valence-corrected chi connectivity index (χ4v) is 3.86. The molecule has 0 spiro atoms. The van der Waals surface area contributed by atoms with Crippen molar-refractivity contribution in [1.29, 1.82) is 0 Å². The number of methoxy groups -OCH3 is 1. The Morgan fingerprint density at radius 2 is 1.97 bits per heavy atom. The van der Waals surface area contributed by atoms with Crippen LogP contribution in [0, 0.1) is 13.8 Å². The minimum Gasteiger partial charge on any atom is -0.497 e. The molecule has 0 saturated carbocycles. The summed E-state index contributed by atoms with van der Waals surface area (Å²) >= 11 is 0. The second-order valence-corrected chi connectivity index (χ2v) is 7.43. The fourth-order valence-electron chi connectivity index (χ4n) is 3.86. The Kier molecular flexibility index (Phi) is 7.01. The van der Waals surface area contributed by atoms with Gasteiger partial charge in [-0.3, -0.25) is 9.67 Å². The van der Waals surface area contributed by atoms with Gasteiger partial charge in [-0.25, -0.2) is 0 Å². The lowest BCUT2D eigenvalue weighted by molar-refractivity contribution is 0.372. The van der Waals surface area contributed by atoms with Crippen molar-refractivity contribution in [3.63, 3.8) is 0 Å². The van der Waals surface area contributed by atoms with E-state index in [1.165, 1.54) is 16.9 Å². The SMILES string of the molecule is CCNC(=NCCc1c(C)nn(C)c1C)N1CCN(c2cccc(OC)c2)CC1. The van der Waals surface area contributed by atoms with Gasteiger partial charge in [-0.1, -0.05) is 6.07 Å². The molecular formula is C22H34N6O. The highest BCUT2D eigenvalue weighted by Crippen LogP contribution is 2.22. The molecule has 1 fully saturated rings. The Balaban J connectivity index is 1.60. The molecule has 1 aliphatic heterocycles. The summed E-state index contributed by atoms with van der Waals surface area (Å²) in [6, 6.07) is 8.29. The zero-order valence-electron chi connectivity index (χ0n) is 18.4. The van der Waals surface area contributed by atoms with Crippen molar-refractivity contribution in [3.8, 4) is 5.75 Å². The van der Waals surface area contributed by atoms with Crippen LogP contribution in [-0.4, -0.2) is 67.0 Å². The summed E-state index contributed by atoms with van der Waals surface area (Å²) in [4.78, 5) is 9.68. The van der Waals surface area contributed by atoms with E-state index in [9.17, 15) is 0 Å². The van der Waals surface area contributed by atoms with Crippen LogP contribution >= 0.6 is 0 Å². The highest BCUT2D eigenvalue weighted by Gasteiger charge is 2.20. The first-order valence-electron chi connectivity index (χ1n) is 10.4. The molecule has 2 aromatic rings. The van der Waals surface area contributed by atoms with Gasteiger partial charge in [0.2, 0.25) is 0 Å². The second-order valence-electron chi connectivity index (χ2n) is 7.43. The van der Waals surface area contributed by atoms with E-state index < -0.39 is 0 Å². The molecule has 0 unspecified atom stereocenters. The Hall–Kier alpha value is -2.70. The van der Waals surface area contributed by atoms with Crippen molar-refractivity contribution in [2.75, 3.05) is 51.3 Å². The van der Waals surface area contributed by atoms with Gasteiger partial charge in [-0.05, 0) is 44.9 Å². The predicted octanol–water partition coefficient (Wildman–Crippen LogP) is 2.38. The van der Waals surface area contributed by atoms with Crippen LogP contribution in [-0.2, 0) is 13.5 Å². The molecule has 1 aromatic heterocycles. The van der Waals surface area contributed by atoms with Gasteiger partial charge in [0.1, 0.15) is 5.75 Å². The summed E-state index contributed by atoms with van der Waals surface area (Å²) in [7, 11) is 3.71. The van der Waals surface area contributed by atoms with E-state index in [2.05, 4.69) is 59.2 Å². The summed E-state index contributed by atoms with van der Waals surface area (Å²) in [5.74, 6) is 1.91. The lowest BCUT2D eigenvalue weighted by atomic mass is 10.1. The lowest BCUT2D eigenvalue weighted by Crippen LogP contribution is -2.52. The molecule has 0 amide bonds. The number of nitrogens with zero attached hydrogens (tertiary/aromatic N) is 5. The Morgan fingerprint density at radius 1 is 1.21 bits per heavy atom. The molecule has 1 aliphatic rings. The van der Waals surface area contributed by atoms with Crippen LogP contribution in [0.5, 0.6) is 5.75 Å². The molecule has 0 bridgehead atoms. The van der Waals surface area contributed by atoms with Crippen LogP contribution in [0.25, 0.3) is 0 Å². The van der Waals surface area contributed by atoms with Crippen molar-refractivity contribution in [1.82, 2.24) is 20.0 Å². The van der Waals surface area contributed by atoms with Crippen LogP contribution in [0.1, 0.15) is 23.9 Å². The van der Waals surface area contributed by atoms with Crippen LogP contribution in [0.2, 0.25) is 0 Å². The standard InChI is InChI=1S/C22H34N6O/c1-6-23-22(24-11-10-21-17(2)25-26(4)18(21)3)28-14-12-27(13-15-28)19-8-7-9-20(16-19)29-5/h7-9,16H,6,10-15H2,1-5H3,(H,23,24). The number of aryl methyl sites for hydroxylation is 2. The second kappa shape index (κ2) is 9.67. The number of rotatable bonds is 6. The predicted molar refractivity (Wildman–Crippen MR) is 119 cm³/mol. The third kappa shape index (κ3) is 5.02. The molecule has 29 heavy (non-hydrogen) atoms. The minimum atomic E-state index is 0.770. The topological polar surface area (TPSA) is 57.9 Å². The number of aromatic nitrogens is 2. The molecule has 0 radical (unpaired) electrons. The van der Waals surface area contributed by atoms with E-state index in [0.717, 1.165) is 63.1 Å².